The highest BCUT2D eigenvalue weighted by Crippen LogP contribution is 2.13. The van der Waals surface area contributed by atoms with Crippen molar-refractivity contribution in [3.05, 3.63) is 0 Å². The van der Waals surface area contributed by atoms with Crippen molar-refractivity contribution in [2.24, 2.45) is 0 Å². The van der Waals surface area contributed by atoms with E-state index in [0.717, 1.165) is 19.5 Å². The van der Waals surface area contributed by atoms with Crippen LogP contribution in [0.4, 0.5) is 0 Å². The van der Waals surface area contributed by atoms with E-state index in [1.807, 2.05) is 6.92 Å². The zero-order valence-electron chi connectivity index (χ0n) is 11.3. The van der Waals surface area contributed by atoms with E-state index < -0.39 is 0 Å². The molecule has 0 aromatic rings. The molecule has 0 radical (unpaired) electrons. The molecule has 1 aliphatic rings. The van der Waals surface area contributed by atoms with Gasteiger partial charge in [-0.3, -0.25) is 9.80 Å². The van der Waals surface area contributed by atoms with Gasteiger partial charge in [0.05, 0.1) is 6.10 Å². The summed E-state index contributed by atoms with van der Waals surface area (Å²) in [6, 6.07) is 1.23. The summed E-state index contributed by atoms with van der Waals surface area (Å²) in [5.74, 6) is 0. The Hall–Kier alpha value is -0.120. The van der Waals surface area contributed by atoms with Gasteiger partial charge in [-0.1, -0.05) is 6.92 Å². The maximum Gasteiger partial charge on any atom is 0.0526 e. The highest BCUT2D eigenvalue weighted by molar-refractivity contribution is 4.79. The van der Waals surface area contributed by atoms with Crippen molar-refractivity contribution in [2.45, 2.75) is 58.7 Å². The first-order chi connectivity index (χ1) is 7.54. The van der Waals surface area contributed by atoms with E-state index in [1.165, 1.54) is 19.5 Å². The molecule has 0 aliphatic carbocycles. The molecular weight excluding hydrogens is 200 g/mol. The highest BCUT2D eigenvalue weighted by atomic mass is 16.3. The number of hydrogen-bond acceptors (Lipinski definition) is 3. The van der Waals surface area contributed by atoms with Crippen molar-refractivity contribution in [2.75, 3.05) is 26.2 Å². The Kier molecular flexibility index (Phi) is 5.73. The summed E-state index contributed by atoms with van der Waals surface area (Å²) in [5, 5.41) is 9.39. The summed E-state index contributed by atoms with van der Waals surface area (Å²) >= 11 is 0. The van der Waals surface area contributed by atoms with Crippen LogP contribution in [0.1, 0.15) is 40.5 Å². The van der Waals surface area contributed by atoms with Crippen LogP contribution in [0, 0.1) is 0 Å². The van der Waals surface area contributed by atoms with Crippen molar-refractivity contribution in [1.29, 1.82) is 0 Å². The van der Waals surface area contributed by atoms with Crippen molar-refractivity contribution >= 4 is 0 Å². The number of aliphatic hydroxyl groups is 1. The Morgan fingerprint density at radius 1 is 0.938 bits per heavy atom. The lowest BCUT2D eigenvalue weighted by Crippen LogP contribution is -2.52. The zero-order chi connectivity index (χ0) is 12.1. The average Bonchev–Trinajstić information content (AvgIpc) is 2.27. The van der Waals surface area contributed by atoms with Crippen LogP contribution in [0.25, 0.3) is 0 Å². The molecule has 3 unspecified atom stereocenters. The van der Waals surface area contributed by atoms with E-state index >= 15 is 0 Å². The van der Waals surface area contributed by atoms with Gasteiger partial charge in [0, 0.05) is 38.3 Å². The standard InChI is InChI=1S/C13H28N2O/c1-5-11(2)14-6-8-15(9-7-14)12(3)10-13(4)16/h11-13,16H,5-10H2,1-4H3. The third-order valence-electron chi connectivity index (χ3n) is 3.87. The molecule has 1 saturated heterocycles. The van der Waals surface area contributed by atoms with Crippen LogP contribution >= 0.6 is 0 Å². The minimum Gasteiger partial charge on any atom is -0.393 e. The topological polar surface area (TPSA) is 26.7 Å². The van der Waals surface area contributed by atoms with E-state index in [2.05, 4.69) is 30.6 Å². The molecule has 1 aliphatic heterocycles. The monoisotopic (exact) mass is 228 g/mol. The van der Waals surface area contributed by atoms with Gasteiger partial charge in [0.15, 0.2) is 0 Å². The first-order valence-electron chi connectivity index (χ1n) is 6.70. The van der Waals surface area contributed by atoms with Gasteiger partial charge in [-0.2, -0.15) is 0 Å². The maximum absolute atomic E-state index is 9.39. The minimum absolute atomic E-state index is 0.178. The number of hydrogen-bond donors (Lipinski definition) is 1. The first-order valence-corrected chi connectivity index (χ1v) is 6.70. The van der Waals surface area contributed by atoms with Crippen LogP contribution < -0.4 is 0 Å². The van der Waals surface area contributed by atoms with Gasteiger partial charge < -0.3 is 5.11 Å². The molecule has 1 heterocycles. The van der Waals surface area contributed by atoms with Gasteiger partial charge in [0.25, 0.3) is 0 Å². The minimum atomic E-state index is -0.178. The summed E-state index contributed by atoms with van der Waals surface area (Å²) in [6.45, 7) is 13.3. The molecule has 0 amide bonds. The number of aliphatic hydroxyl groups excluding tert-OH is 1. The molecule has 0 aromatic heterocycles. The molecule has 0 saturated carbocycles. The Labute approximate surface area is 100 Å². The van der Waals surface area contributed by atoms with Gasteiger partial charge in [-0.25, -0.2) is 0 Å². The molecular formula is C13H28N2O. The molecule has 16 heavy (non-hydrogen) atoms. The van der Waals surface area contributed by atoms with Gasteiger partial charge in [-0.15, -0.1) is 0 Å². The fraction of sp³-hybridized carbons (Fsp3) is 1.00. The van der Waals surface area contributed by atoms with E-state index in [-0.39, 0.29) is 6.10 Å². The Morgan fingerprint density at radius 3 is 1.75 bits per heavy atom. The van der Waals surface area contributed by atoms with Crippen molar-refractivity contribution in [3.8, 4) is 0 Å². The average molecular weight is 228 g/mol. The van der Waals surface area contributed by atoms with Crippen molar-refractivity contribution < 1.29 is 5.11 Å². The van der Waals surface area contributed by atoms with Crippen molar-refractivity contribution in [1.82, 2.24) is 9.80 Å². The van der Waals surface area contributed by atoms with E-state index in [1.54, 1.807) is 0 Å². The van der Waals surface area contributed by atoms with Crippen LogP contribution in [-0.4, -0.2) is 59.3 Å². The molecule has 0 spiro atoms. The number of rotatable bonds is 5. The molecule has 3 nitrogen and oxygen atoms in total. The fourth-order valence-corrected chi connectivity index (χ4v) is 2.52. The molecule has 1 fully saturated rings. The Balaban J connectivity index is 2.31. The van der Waals surface area contributed by atoms with Crippen LogP contribution in [0.5, 0.6) is 0 Å². The van der Waals surface area contributed by atoms with E-state index in [4.69, 9.17) is 0 Å². The SMILES string of the molecule is CCC(C)N1CCN(C(C)CC(C)O)CC1. The summed E-state index contributed by atoms with van der Waals surface area (Å²) in [6.07, 6.45) is 1.95. The van der Waals surface area contributed by atoms with Crippen LogP contribution in [0.3, 0.4) is 0 Å². The van der Waals surface area contributed by atoms with Gasteiger partial charge in [0.1, 0.15) is 0 Å². The molecule has 0 bridgehead atoms. The Bertz CT molecular complexity index is 188. The Morgan fingerprint density at radius 2 is 1.38 bits per heavy atom. The van der Waals surface area contributed by atoms with Gasteiger partial charge in [0.2, 0.25) is 0 Å². The van der Waals surface area contributed by atoms with Crippen LogP contribution in [0.2, 0.25) is 0 Å². The second-order valence-corrected chi connectivity index (χ2v) is 5.26. The lowest BCUT2D eigenvalue weighted by atomic mass is 10.1. The van der Waals surface area contributed by atoms with Crippen LogP contribution in [0.15, 0.2) is 0 Å². The van der Waals surface area contributed by atoms with Crippen LogP contribution in [-0.2, 0) is 0 Å². The summed E-state index contributed by atoms with van der Waals surface area (Å²) < 4.78 is 0. The maximum atomic E-state index is 9.39. The summed E-state index contributed by atoms with van der Waals surface area (Å²) in [7, 11) is 0. The van der Waals surface area contributed by atoms with Gasteiger partial charge in [-0.05, 0) is 33.6 Å². The smallest absolute Gasteiger partial charge is 0.0526 e. The first kappa shape index (κ1) is 13.9. The third-order valence-corrected chi connectivity index (χ3v) is 3.87. The predicted octanol–water partition coefficient (Wildman–Crippen LogP) is 1.56. The normalized spacial score (nSPS) is 25.3. The highest BCUT2D eigenvalue weighted by Gasteiger charge is 2.23. The summed E-state index contributed by atoms with van der Waals surface area (Å²) in [4.78, 5) is 5.08. The summed E-state index contributed by atoms with van der Waals surface area (Å²) in [5.41, 5.74) is 0. The second-order valence-electron chi connectivity index (χ2n) is 5.26. The molecule has 96 valence electrons. The lowest BCUT2D eigenvalue weighted by molar-refractivity contribution is 0.0570. The lowest BCUT2D eigenvalue weighted by Gasteiger charge is -2.40. The molecule has 3 heteroatoms. The zero-order valence-corrected chi connectivity index (χ0v) is 11.3. The van der Waals surface area contributed by atoms with E-state index in [9.17, 15) is 5.11 Å². The molecule has 1 N–H and O–H groups in total. The second kappa shape index (κ2) is 6.58. The van der Waals surface area contributed by atoms with Gasteiger partial charge >= 0.3 is 0 Å². The third kappa shape index (κ3) is 4.04. The molecule has 0 aromatic carbocycles. The number of nitrogens with zero attached hydrogens (tertiary/aromatic N) is 2. The largest absolute Gasteiger partial charge is 0.393 e. The molecule has 1 rings (SSSR count). The van der Waals surface area contributed by atoms with Crippen molar-refractivity contribution in [3.63, 3.8) is 0 Å². The fourth-order valence-electron chi connectivity index (χ4n) is 2.52. The van der Waals surface area contributed by atoms with E-state index in [0.29, 0.717) is 12.1 Å². The number of piperazine rings is 1. The predicted molar refractivity (Wildman–Crippen MR) is 68.7 cm³/mol. The molecule has 3 atom stereocenters. The quantitative estimate of drug-likeness (QED) is 0.773.